The Bertz CT molecular complexity index is 307. The van der Waals surface area contributed by atoms with E-state index in [1.54, 1.807) is 6.20 Å². The maximum Gasteiger partial charge on any atom is 0.117 e. The second kappa shape index (κ2) is 6.17. The van der Waals surface area contributed by atoms with E-state index in [2.05, 4.69) is 30.2 Å². The summed E-state index contributed by atoms with van der Waals surface area (Å²) in [5.41, 5.74) is 1.36. The monoisotopic (exact) mass is 230 g/mol. The molecule has 0 amide bonds. The zero-order valence-corrected chi connectivity index (χ0v) is 10.1. The quantitative estimate of drug-likeness (QED) is 0.841. The van der Waals surface area contributed by atoms with E-state index in [4.69, 9.17) is 11.6 Å². The van der Waals surface area contributed by atoms with E-state index in [9.17, 15) is 0 Å². The van der Waals surface area contributed by atoms with Crippen molar-refractivity contribution in [1.82, 2.24) is 10.3 Å². The van der Waals surface area contributed by atoms with E-state index in [0.29, 0.717) is 0 Å². The van der Waals surface area contributed by atoms with E-state index < -0.39 is 0 Å². The first-order valence-electron chi connectivity index (χ1n) is 4.77. The molecule has 1 aromatic heterocycles. The molecule has 0 saturated carbocycles. The average Bonchev–Trinajstić information content (AvgIpc) is 2.58. The van der Waals surface area contributed by atoms with E-state index in [1.165, 1.54) is 16.9 Å². The third-order valence-corrected chi connectivity index (χ3v) is 2.94. The fraction of sp³-hybridized carbons (Fsp3) is 0.500. The third-order valence-electron chi connectivity index (χ3n) is 1.88. The van der Waals surface area contributed by atoms with Crippen LogP contribution in [0.5, 0.6) is 0 Å². The smallest absolute Gasteiger partial charge is 0.117 e. The zero-order valence-electron chi connectivity index (χ0n) is 8.51. The Morgan fingerprint density at radius 3 is 2.93 bits per heavy atom. The second-order valence-corrected chi connectivity index (χ2v) is 4.63. The van der Waals surface area contributed by atoms with Crippen molar-refractivity contribution in [2.75, 3.05) is 13.1 Å². The Hall–Kier alpha value is -0.380. The van der Waals surface area contributed by atoms with E-state index in [-0.39, 0.29) is 0 Å². The minimum Gasteiger partial charge on any atom is -0.313 e. The molecule has 1 rings (SSSR count). The summed E-state index contributed by atoms with van der Waals surface area (Å²) in [6.45, 7) is 6.19. The topological polar surface area (TPSA) is 24.9 Å². The van der Waals surface area contributed by atoms with Crippen LogP contribution in [0.2, 0.25) is 4.34 Å². The van der Waals surface area contributed by atoms with Gasteiger partial charge in [0.15, 0.2) is 0 Å². The molecule has 1 aromatic rings. The number of nitrogens with one attached hydrogen (secondary N) is 1. The van der Waals surface area contributed by atoms with Crippen LogP contribution in [0.1, 0.15) is 25.3 Å². The summed E-state index contributed by atoms with van der Waals surface area (Å²) in [7, 11) is 0. The predicted octanol–water partition coefficient (Wildman–Crippen LogP) is 3.20. The van der Waals surface area contributed by atoms with Gasteiger partial charge >= 0.3 is 0 Å². The zero-order chi connectivity index (χ0) is 10.4. The molecule has 0 radical (unpaired) electrons. The van der Waals surface area contributed by atoms with Gasteiger partial charge in [-0.15, -0.1) is 11.3 Å². The molecule has 1 heterocycles. The Morgan fingerprint density at radius 1 is 1.64 bits per heavy atom. The predicted molar refractivity (Wildman–Crippen MR) is 63.9 cm³/mol. The van der Waals surface area contributed by atoms with Crippen molar-refractivity contribution in [3.05, 3.63) is 21.1 Å². The average molecular weight is 231 g/mol. The number of thiazole rings is 1. The highest BCUT2D eigenvalue weighted by molar-refractivity contribution is 7.16. The SMILES string of the molecule is CCNC/C(=C/c1ncc(Cl)s1)CC. The molecule has 0 aliphatic heterocycles. The Labute approximate surface area is 94.0 Å². The molecule has 0 spiro atoms. The van der Waals surface area contributed by atoms with Crippen molar-refractivity contribution in [1.29, 1.82) is 0 Å². The van der Waals surface area contributed by atoms with Gasteiger partial charge < -0.3 is 5.32 Å². The maximum absolute atomic E-state index is 5.80. The van der Waals surface area contributed by atoms with Crippen molar-refractivity contribution in [2.24, 2.45) is 0 Å². The van der Waals surface area contributed by atoms with Gasteiger partial charge in [0.25, 0.3) is 0 Å². The van der Waals surface area contributed by atoms with Gasteiger partial charge in [0.1, 0.15) is 9.34 Å². The van der Waals surface area contributed by atoms with Crippen LogP contribution in [-0.2, 0) is 0 Å². The molecule has 14 heavy (non-hydrogen) atoms. The lowest BCUT2D eigenvalue weighted by Gasteiger charge is -2.03. The Kier molecular flexibility index (Phi) is 5.15. The number of aromatic nitrogens is 1. The van der Waals surface area contributed by atoms with Crippen molar-refractivity contribution in [2.45, 2.75) is 20.3 Å². The number of rotatable bonds is 5. The summed E-state index contributed by atoms with van der Waals surface area (Å²) in [5, 5.41) is 4.29. The molecule has 4 heteroatoms. The summed E-state index contributed by atoms with van der Waals surface area (Å²) in [6.07, 6.45) is 4.85. The maximum atomic E-state index is 5.80. The standard InChI is InChI=1S/C10H15ClN2S/c1-3-8(6-12-4-2)5-10-13-7-9(11)14-10/h5,7,12H,3-4,6H2,1-2H3/b8-5+. The van der Waals surface area contributed by atoms with Crippen LogP contribution in [0.15, 0.2) is 11.8 Å². The van der Waals surface area contributed by atoms with Gasteiger partial charge in [-0.1, -0.05) is 31.0 Å². The summed E-state index contributed by atoms with van der Waals surface area (Å²) >= 11 is 7.32. The number of halogens is 1. The largest absolute Gasteiger partial charge is 0.313 e. The minimum atomic E-state index is 0.746. The molecule has 78 valence electrons. The van der Waals surface area contributed by atoms with Crippen molar-refractivity contribution in [3.63, 3.8) is 0 Å². The van der Waals surface area contributed by atoms with Crippen LogP contribution in [-0.4, -0.2) is 18.1 Å². The number of hydrogen-bond donors (Lipinski definition) is 1. The first-order chi connectivity index (χ1) is 6.76. The van der Waals surface area contributed by atoms with Crippen LogP contribution in [0.3, 0.4) is 0 Å². The fourth-order valence-corrected chi connectivity index (χ4v) is 1.99. The second-order valence-electron chi connectivity index (χ2n) is 2.94. The summed E-state index contributed by atoms with van der Waals surface area (Å²) < 4.78 is 0.746. The van der Waals surface area contributed by atoms with Crippen molar-refractivity contribution in [3.8, 4) is 0 Å². The first kappa shape index (κ1) is 11.7. The molecule has 2 nitrogen and oxygen atoms in total. The lowest BCUT2D eigenvalue weighted by Crippen LogP contribution is -2.15. The third kappa shape index (κ3) is 3.78. The molecule has 0 fully saturated rings. The molecule has 0 unspecified atom stereocenters. The highest BCUT2D eigenvalue weighted by atomic mass is 35.5. The van der Waals surface area contributed by atoms with Gasteiger partial charge in [-0.05, 0) is 19.0 Å². The van der Waals surface area contributed by atoms with Crippen LogP contribution < -0.4 is 5.32 Å². The van der Waals surface area contributed by atoms with Crippen LogP contribution >= 0.6 is 22.9 Å². The van der Waals surface area contributed by atoms with Gasteiger partial charge in [-0.3, -0.25) is 0 Å². The number of nitrogens with zero attached hydrogens (tertiary/aromatic N) is 1. The highest BCUT2D eigenvalue weighted by Gasteiger charge is 1.98. The summed E-state index contributed by atoms with van der Waals surface area (Å²) in [4.78, 5) is 4.19. The summed E-state index contributed by atoms with van der Waals surface area (Å²) in [6, 6.07) is 0. The molecule has 0 aliphatic carbocycles. The molecular weight excluding hydrogens is 216 g/mol. The minimum absolute atomic E-state index is 0.746. The van der Waals surface area contributed by atoms with Gasteiger partial charge in [-0.25, -0.2) is 4.98 Å². The molecule has 0 aliphatic rings. The normalized spacial score (nSPS) is 12.1. The van der Waals surface area contributed by atoms with Crippen molar-refractivity contribution < 1.29 is 0 Å². The van der Waals surface area contributed by atoms with E-state index in [0.717, 1.165) is 28.9 Å². The Balaban J connectivity index is 2.63. The molecular formula is C10H15ClN2S. The lowest BCUT2D eigenvalue weighted by molar-refractivity contribution is 0.762. The number of hydrogen-bond acceptors (Lipinski definition) is 3. The van der Waals surface area contributed by atoms with Gasteiger partial charge in [0.05, 0.1) is 6.20 Å². The van der Waals surface area contributed by atoms with Gasteiger partial charge in [-0.2, -0.15) is 0 Å². The molecule has 1 N–H and O–H groups in total. The first-order valence-corrected chi connectivity index (χ1v) is 5.97. The molecule has 0 aromatic carbocycles. The van der Waals surface area contributed by atoms with Crippen LogP contribution in [0, 0.1) is 0 Å². The summed E-state index contributed by atoms with van der Waals surface area (Å²) in [5.74, 6) is 0. The fourth-order valence-electron chi connectivity index (χ4n) is 1.07. The van der Waals surface area contributed by atoms with Gasteiger partial charge in [0, 0.05) is 6.54 Å². The van der Waals surface area contributed by atoms with E-state index in [1.807, 2.05) is 0 Å². The molecule has 0 bridgehead atoms. The number of likely N-dealkylation sites (N-methyl/N-ethyl adjacent to an activating group) is 1. The van der Waals surface area contributed by atoms with E-state index >= 15 is 0 Å². The van der Waals surface area contributed by atoms with Gasteiger partial charge in [0.2, 0.25) is 0 Å². The van der Waals surface area contributed by atoms with Crippen LogP contribution in [0.4, 0.5) is 0 Å². The highest BCUT2D eigenvalue weighted by Crippen LogP contribution is 2.20. The van der Waals surface area contributed by atoms with Crippen LogP contribution in [0.25, 0.3) is 6.08 Å². The molecule has 0 saturated heterocycles. The lowest BCUT2D eigenvalue weighted by atomic mass is 10.2. The van der Waals surface area contributed by atoms with Crippen molar-refractivity contribution >= 4 is 29.0 Å². The molecule has 0 atom stereocenters. The Morgan fingerprint density at radius 2 is 2.43 bits per heavy atom.